The van der Waals surface area contributed by atoms with Gasteiger partial charge in [0.05, 0.1) is 10.5 Å². The Labute approximate surface area is 118 Å². The summed E-state index contributed by atoms with van der Waals surface area (Å²) in [6.07, 6.45) is 1.45. The van der Waals surface area contributed by atoms with Crippen LogP contribution in [0, 0.1) is 0 Å². The number of nitrogens with zero attached hydrogens (tertiary/aromatic N) is 1. The molecule has 1 aromatic rings. The second-order valence-electron chi connectivity index (χ2n) is 4.80. The second-order valence-corrected chi connectivity index (χ2v) is 6.77. The van der Waals surface area contributed by atoms with Crippen molar-refractivity contribution in [1.29, 1.82) is 0 Å². The van der Waals surface area contributed by atoms with Crippen LogP contribution in [0.15, 0.2) is 29.2 Å². The SMILES string of the molecule is CN(C1CCNCC1)S(=O)(=O)c1ccccc1C(=O)O. The van der Waals surface area contributed by atoms with E-state index >= 15 is 0 Å². The minimum atomic E-state index is -3.79. The number of rotatable bonds is 4. The van der Waals surface area contributed by atoms with Gasteiger partial charge in [0.15, 0.2) is 0 Å². The van der Waals surface area contributed by atoms with E-state index < -0.39 is 16.0 Å². The normalized spacial score (nSPS) is 17.3. The first-order valence-corrected chi connectivity index (χ1v) is 7.89. The molecule has 20 heavy (non-hydrogen) atoms. The molecule has 1 heterocycles. The van der Waals surface area contributed by atoms with E-state index in [4.69, 9.17) is 5.11 Å². The van der Waals surface area contributed by atoms with Crippen LogP contribution in [0.2, 0.25) is 0 Å². The molecule has 0 spiro atoms. The molecule has 0 aromatic heterocycles. The molecule has 110 valence electrons. The molecule has 0 bridgehead atoms. The Balaban J connectivity index is 2.37. The van der Waals surface area contributed by atoms with Crippen molar-refractivity contribution in [3.05, 3.63) is 29.8 Å². The number of hydrogen-bond acceptors (Lipinski definition) is 4. The summed E-state index contributed by atoms with van der Waals surface area (Å²) in [6.45, 7) is 1.54. The Morgan fingerprint density at radius 3 is 2.50 bits per heavy atom. The van der Waals surface area contributed by atoms with Gasteiger partial charge in [-0.1, -0.05) is 12.1 Å². The monoisotopic (exact) mass is 298 g/mol. The van der Waals surface area contributed by atoms with E-state index in [1.54, 1.807) is 0 Å². The van der Waals surface area contributed by atoms with Crippen LogP contribution < -0.4 is 5.32 Å². The van der Waals surface area contributed by atoms with E-state index in [1.807, 2.05) is 0 Å². The van der Waals surface area contributed by atoms with E-state index in [9.17, 15) is 13.2 Å². The van der Waals surface area contributed by atoms with Crippen molar-refractivity contribution in [2.45, 2.75) is 23.8 Å². The number of nitrogens with one attached hydrogen (secondary N) is 1. The molecule has 6 nitrogen and oxygen atoms in total. The van der Waals surface area contributed by atoms with Gasteiger partial charge in [-0.2, -0.15) is 4.31 Å². The van der Waals surface area contributed by atoms with Gasteiger partial charge in [0.25, 0.3) is 0 Å². The lowest BCUT2D eigenvalue weighted by Crippen LogP contribution is -2.44. The van der Waals surface area contributed by atoms with Crippen LogP contribution in [-0.2, 0) is 10.0 Å². The number of piperidine rings is 1. The molecule has 0 amide bonds. The molecule has 1 fully saturated rings. The number of sulfonamides is 1. The maximum absolute atomic E-state index is 12.6. The van der Waals surface area contributed by atoms with Gasteiger partial charge in [-0.3, -0.25) is 0 Å². The molecule has 1 aliphatic rings. The molecule has 0 saturated carbocycles. The highest BCUT2D eigenvalue weighted by Crippen LogP contribution is 2.23. The topological polar surface area (TPSA) is 86.7 Å². The molecular weight excluding hydrogens is 280 g/mol. The highest BCUT2D eigenvalue weighted by atomic mass is 32.2. The van der Waals surface area contributed by atoms with E-state index in [1.165, 1.54) is 35.6 Å². The number of carboxylic acids is 1. The molecule has 0 atom stereocenters. The van der Waals surface area contributed by atoms with Crippen molar-refractivity contribution in [2.24, 2.45) is 0 Å². The number of carbonyl (C=O) groups is 1. The van der Waals surface area contributed by atoms with Crippen LogP contribution in [0.25, 0.3) is 0 Å². The largest absolute Gasteiger partial charge is 0.478 e. The number of carboxylic acid groups (broad SMARTS) is 1. The van der Waals surface area contributed by atoms with Crippen LogP contribution in [0.5, 0.6) is 0 Å². The number of hydrogen-bond donors (Lipinski definition) is 2. The lowest BCUT2D eigenvalue weighted by molar-refractivity contribution is 0.0692. The van der Waals surface area contributed by atoms with Gasteiger partial charge in [0, 0.05) is 13.1 Å². The number of benzene rings is 1. The first-order valence-electron chi connectivity index (χ1n) is 6.45. The maximum atomic E-state index is 12.6. The Bertz CT molecular complexity index is 594. The summed E-state index contributed by atoms with van der Waals surface area (Å²) < 4.78 is 26.5. The zero-order valence-corrected chi connectivity index (χ0v) is 12.1. The fourth-order valence-corrected chi connectivity index (χ4v) is 3.99. The van der Waals surface area contributed by atoms with Crippen molar-refractivity contribution in [3.8, 4) is 0 Å². The molecule has 0 unspecified atom stereocenters. The van der Waals surface area contributed by atoms with Crippen molar-refractivity contribution in [3.63, 3.8) is 0 Å². The van der Waals surface area contributed by atoms with Crippen molar-refractivity contribution in [1.82, 2.24) is 9.62 Å². The molecule has 2 rings (SSSR count). The van der Waals surface area contributed by atoms with E-state index in [-0.39, 0.29) is 16.5 Å². The van der Waals surface area contributed by atoms with Crippen LogP contribution in [0.3, 0.4) is 0 Å². The Kier molecular flexibility index (Phi) is 4.42. The third kappa shape index (κ3) is 2.84. The molecule has 0 radical (unpaired) electrons. The Hall–Kier alpha value is -1.44. The predicted molar refractivity (Wildman–Crippen MR) is 74.2 cm³/mol. The average molecular weight is 298 g/mol. The summed E-state index contributed by atoms with van der Waals surface area (Å²) in [6, 6.07) is 5.62. The van der Waals surface area contributed by atoms with Crippen LogP contribution >= 0.6 is 0 Å². The second kappa shape index (κ2) is 5.90. The van der Waals surface area contributed by atoms with Gasteiger partial charge in [-0.05, 0) is 38.1 Å². The van der Waals surface area contributed by atoms with Gasteiger partial charge >= 0.3 is 5.97 Å². The summed E-state index contributed by atoms with van der Waals surface area (Å²) in [4.78, 5) is 11.0. The maximum Gasteiger partial charge on any atom is 0.337 e. The molecular formula is C13H18N2O4S. The fourth-order valence-electron chi connectivity index (χ4n) is 2.39. The van der Waals surface area contributed by atoms with Crippen molar-refractivity contribution < 1.29 is 18.3 Å². The van der Waals surface area contributed by atoms with Crippen molar-refractivity contribution in [2.75, 3.05) is 20.1 Å². The summed E-state index contributed by atoms with van der Waals surface area (Å²) in [5.74, 6) is -1.23. The third-order valence-corrected chi connectivity index (χ3v) is 5.57. The van der Waals surface area contributed by atoms with E-state index in [0.29, 0.717) is 0 Å². The van der Waals surface area contributed by atoms with E-state index in [0.717, 1.165) is 25.9 Å². The lowest BCUT2D eigenvalue weighted by atomic mass is 10.1. The van der Waals surface area contributed by atoms with Gasteiger partial charge < -0.3 is 10.4 Å². The minimum absolute atomic E-state index is 0.0944. The highest BCUT2D eigenvalue weighted by Gasteiger charge is 2.31. The molecule has 2 N–H and O–H groups in total. The van der Waals surface area contributed by atoms with Crippen LogP contribution in [-0.4, -0.2) is 50.0 Å². The zero-order valence-electron chi connectivity index (χ0n) is 11.2. The molecule has 0 aliphatic carbocycles. The van der Waals surface area contributed by atoms with Gasteiger partial charge in [-0.15, -0.1) is 0 Å². The standard InChI is InChI=1S/C13H18N2O4S/c1-15(10-6-8-14-9-7-10)20(18,19)12-5-3-2-4-11(12)13(16)17/h2-5,10,14H,6-9H2,1H3,(H,16,17). The molecule has 1 saturated heterocycles. The van der Waals surface area contributed by atoms with Gasteiger partial charge in [0.2, 0.25) is 10.0 Å². The smallest absolute Gasteiger partial charge is 0.337 e. The van der Waals surface area contributed by atoms with Crippen molar-refractivity contribution >= 4 is 16.0 Å². The quantitative estimate of drug-likeness (QED) is 0.857. The summed E-state index contributed by atoms with van der Waals surface area (Å²) >= 11 is 0. The molecule has 1 aliphatic heterocycles. The minimum Gasteiger partial charge on any atom is -0.478 e. The first-order chi connectivity index (χ1) is 9.44. The lowest BCUT2D eigenvalue weighted by Gasteiger charge is -2.31. The zero-order chi connectivity index (χ0) is 14.8. The molecule has 1 aromatic carbocycles. The Morgan fingerprint density at radius 2 is 1.90 bits per heavy atom. The summed E-state index contributed by atoms with van der Waals surface area (Å²) in [5.41, 5.74) is -0.187. The van der Waals surface area contributed by atoms with E-state index in [2.05, 4.69) is 5.32 Å². The molecule has 7 heteroatoms. The van der Waals surface area contributed by atoms with Gasteiger partial charge in [-0.25, -0.2) is 13.2 Å². The Morgan fingerprint density at radius 1 is 1.30 bits per heavy atom. The van der Waals surface area contributed by atoms with Crippen LogP contribution in [0.1, 0.15) is 23.2 Å². The number of aromatic carboxylic acids is 1. The van der Waals surface area contributed by atoms with Gasteiger partial charge in [0.1, 0.15) is 0 Å². The fraction of sp³-hybridized carbons (Fsp3) is 0.462. The summed E-state index contributed by atoms with van der Waals surface area (Å²) in [5, 5.41) is 12.3. The average Bonchev–Trinajstić information content (AvgIpc) is 2.47. The highest BCUT2D eigenvalue weighted by molar-refractivity contribution is 7.89. The third-order valence-electron chi connectivity index (χ3n) is 3.60. The first kappa shape index (κ1) is 15.0. The predicted octanol–water partition coefficient (Wildman–Crippen LogP) is 0.757. The van der Waals surface area contributed by atoms with Crippen LogP contribution in [0.4, 0.5) is 0 Å². The summed E-state index contributed by atoms with van der Waals surface area (Å²) in [7, 11) is -2.27.